The van der Waals surface area contributed by atoms with Gasteiger partial charge in [0, 0.05) is 11.3 Å². The highest BCUT2D eigenvalue weighted by Gasteiger charge is 2.47. The molecule has 1 unspecified atom stereocenters. The van der Waals surface area contributed by atoms with Crippen molar-refractivity contribution in [1.82, 2.24) is 0 Å². The first-order chi connectivity index (χ1) is 16.8. The number of benzene rings is 3. The van der Waals surface area contributed by atoms with Gasteiger partial charge in [0.2, 0.25) is 0 Å². The summed E-state index contributed by atoms with van der Waals surface area (Å²) in [4.78, 5) is 40.4. The van der Waals surface area contributed by atoms with Crippen LogP contribution in [0.1, 0.15) is 41.4 Å². The Morgan fingerprint density at radius 3 is 2.29 bits per heavy atom. The zero-order valence-corrected chi connectivity index (χ0v) is 19.6. The number of ketones is 1. The predicted molar refractivity (Wildman–Crippen MR) is 131 cm³/mol. The van der Waals surface area contributed by atoms with Crippen LogP contribution < -0.4 is 9.64 Å². The number of hydrogen-bond acceptors (Lipinski definition) is 6. The Labute approximate surface area is 203 Å². The van der Waals surface area contributed by atoms with Gasteiger partial charge in [0.1, 0.15) is 11.5 Å². The van der Waals surface area contributed by atoms with Crippen LogP contribution in [0, 0.1) is 0 Å². The number of Topliss-reactive ketones (excluding diaryl/α,β-unsaturated/α-hetero) is 1. The first-order valence-corrected chi connectivity index (χ1v) is 11.1. The standard InChI is InChI=1S/C28H25NO6/c1-17(2)35-28(33)20-12-7-13-21(15-20)29-24(18-9-5-4-6-10-18)23(26(31)27(29)32)25(30)19-11-8-14-22(16-19)34-3/h4-17,24,30H,1-3H3/b25-23+. The fourth-order valence-corrected chi connectivity index (χ4v) is 4.04. The van der Waals surface area contributed by atoms with Gasteiger partial charge in [-0.05, 0) is 49.7 Å². The number of anilines is 1. The topological polar surface area (TPSA) is 93.1 Å². The van der Waals surface area contributed by atoms with E-state index in [9.17, 15) is 19.5 Å². The van der Waals surface area contributed by atoms with E-state index in [1.165, 1.54) is 18.1 Å². The van der Waals surface area contributed by atoms with Crippen molar-refractivity contribution in [3.05, 3.63) is 101 Å². The highest BCUT2D eigenvalue weighted by Crippen LogP contribution is 2.42. The molecule has 1 fully saturated rings. The molecule has 4 rings (SSSR count). The van der Waals surface area contributed by atoms with Crippen LogP contribution in [-0.4, -0.2) is 36.0 Å². The van der Waals surface area contributed by atoms with E-state index < -0.39 is 23.7 Å². The molecule has 178 valence electrons. The molecule has 0 aliphatic carbocycles. The second-order valence-electron chi connectivity index (χ2n) is 8.32. The van der Waals surface area contributed by atoms with Crippen LogP contribution in [0.25, 0.3) is 5.76 Å². The number of aliphatic hydroxyl groups is 1. The van der Waals surface area contributed by atoms with E-state index >= 15 is 0 Å². The normalized spacial score (nSPS) is 17.0. The summed E-state index contributed by atoms with van der Waals surface area (Å²) in [5, 5.41) is 11.2. The number of amides is 1. The van der Waals surface area contributed by atoms with E-state index in [0.717, 1.165) is 0 Å². The molecular formula is C28H25NO6. The average Bonchev–Trinajstić information content (AvgIpc) is 3.14. The van der Waals surface area contributed by atoms with Gasteiger partial charge < -0.3 is 14.6 Å². The second-order valence-corrected chi connectivity index (χ2v) is 8.32. The van der Waals surface area contributed by atoms with Crippen molar-refractivity contribution in [2.24, 2.45) is 0 Å². The molecule has 0 bridgehead atoms. The van der Waals surface area contributed by atoms with E-state index in [4.69, 9.17) is 9.47 Å². The molecule has 1 aliphatic rings. The molecule has 3 aromatic carbocycles. The van der Waals surface area contributed by atoms with Crippen molar-refractivity contribution >= 4 is 29.1 Å². The van der Waals surface area contributed by atoms with Gasteiger partial charge in [-0.15, -0.1) is 0 Å². The summed E-state index contributed by atoms with van der Waals surface area (Å²) in [6, 6.07) is 21.0. The minimum atomic E-state index is -0.904. The molecule has 1 heterocycles. The lowest BCUT2D eigenvalue weighted by Gasteiger charge is -2.25. The van der Waals surface area contributed by atoms with Crippen molar-refractivity contribution in [3.63, 3.8) is 0 Å². The van der Waals surface area contributed by atoms with E-state index in [1.54, 1.807) is 80.6 Å². The third-order valence-corrected chi connectivity index (χ3v) is 5.61. The van der Waals surface area contributed by atoms with Crippen LogP contribution in [0.4, 0.5) is 5.69 Å². The zero-order chi connectivity index (χ0) is 25.1. The summed E-state index contributed by atoms with van der Waals surface area (Å²) < 4.78 is 10.5. The molecule has 0 aromatic heterocycles. The van der Waals surface area contributed by atoms with Crippen LogP contribution in [-0.2, 0) is 14.3 Å². The Hall–Kier alpha value is -4.39. The third kappa shape index (κ3) is 4.66. The Kier molecular flexibility index (Phi) is 6.68. The molecule has 1 amide bonds. The van der Waals surface area contributed by atoms with Gasteiger partial charge in [-0.1, -0.05) is 48.5 Å². The second kappa shape index (κ2) is 9.85. The molecule has 1 saturated heterocycles. The van der Waals surface area contributed by atoms with Crippen LogP contribution in [0.5, 0.6) is 5.75 Å². The lowest BCUT2D eigenvalue weighted by molar-refractivity contribution is -0.132. The number of carbonyl (C=O) groups excluding carboxylic acids is 3. The highest BCUT2D eigenvalue weighted by atomic mass is 16.5. The molecule has 3 aromatic rings. The molecule has 35 heavy (non-hydrogen) atoms. The summed E-state index contributed by atoms with van der Waals surface area (Å²) in [5.74, 6) is -1.98. The van der Waals surface area contributed by atoms with Gasteiger partial charge in [0.15, 0.2) is 0 Å². The Morgan fingerprint density at radius 2 is 1.60 bits per heavy atom. The monoisotopic (exact) mass is 471 g/mol. The maximum Gasteiger partial charge on any atom is 0.338 e. The molecule has 0 saturated carbocycles. The minimum absolute atomic E-state index is 0.0513. The maximum atomic E-state index is 13.3. The van der Waals surface area contributed by atoms with E-state index in [2.05, 4.69) is 0 Å². The SMILES string of the molecule is COc1cccc(/C(O)=C2\C(=O)C(=O)N(c3cccc(C(=O)OC(C)C)c3)C2c2ccccc2)c1. The number of nitrogens with zero attached hydrogens (tertiary/aromatic N) is 1. The van der Waals surface area contributed by atoms with Crippen LogP contribution in [0.2, 0.25) is 0 Å². The number of esters is 1. The Morgan fingerprint density at radius 1 is 0.914 bits per heavy atom. The quantitative estimate of drug-likeness (QED) is 0.238. The minimum Gasteiger partial charge on any atom is -0.507 e. The van der Waals surface area contributed by atoms with Crippen LogP contribution >= 0.6 is 0 Å². The van der Waals surface area contributed by atoms with Crippen molar-refractivity contribution in [3.8, 4) is 5.75 Å². The summed E-state index contributed by atoms with van der Waals surface area (Å²) in [7, 11) is 1.50. The van der Waals surface area contributed by atoms with Gasteiger partial charge in [-0.2, -0.15) is 0 Å². The van der Waals surface area contributed by atoms with Gasteiger partial charge in [-0.3, -0.25) is 14.5 Å². The van der Waals surface area contributed by atoms with E-state index in [1.807, 2.05) is 6.07 Å². The van der Waals surface area contributed by atoms with Gasteiger partial charge >= 0.3 is 5.97 Å². The predicted octanol–water partition coefficient (Wildman–Crippen LogP) is 4.89. The van der Waals surface area contributed by atoms with Gasteiger partial charge in [-0.25, -0.2) is 4.79 Å². The number of ether oxygens (including phenoxy) is 2. The molecule has 7 heteroatoms. The van der Waals surface area contributed by atoms with Gasteiger partial charge in [0.05, 0.1) is 30.4 Å². The molecular weight excluding hydrogens is 446 g/mol. The number of methoxy groups -OCH3 is 1. The number of hydrogen-bond donors (Lipinski definition) is 1. The molecule has 0 spiro atoms. The van der Waals surface area contributed by atoms with E-state index in [-0.39, 0.29) is 23.0 Å². The molecule has 7 nitrogen and oxygen atoms in total. The number of carbonyl (C=O) groups is 3. The first-order valence-electron chi connectivity index (χ1n) is 11.1. The third-order valence-electron chi connectivity index (χ3n) is 5.61. The Balaban J connectivity index is 1.88. The van der Waals surface area contributed by atoms with Gasteiger partial charge in [0.25, 0.3) is 11.7 Å². The largest absolute Gasteiger partial charge is 0.507 e. The summed E-state index contributed by atoms with van der Waals surface area (Å²) in [6.07, 6.45) is -0.312. The lowest BCUT2D eigenvalue weighted by atomic mass is 9.95. The first kappa shape index (κ1) is 23.8. The smallest absolute Gasteiger partial charge is 0.338 e. The zero-order valence-electron chi connectivity index (χ0n) is 19.6. The average molecular weight is 472 g/mol. The van der Waals surface area contributed by atoms with Crippen molar-refractivity contribution < 1.29 is 29.0 Å². The maximum absolute atomic E-state index is 13.3. The highest BCUT2D eigenvalue weighted by molar-refractivity contribution is 6.51. The molecule has 1 atom stereocenters. The summed E-state index contributed by atoms with van der Waals surface area (Å²) in [6.45, 7) is 3.49. The van der Waals surface area contributed by atoms with E-state index in [0.29, 0.717) is 22.6 Å². The van der Waals surface area contributed by atoms with Crippen molar-refractivity contribution in [2.45, 2.75) is 26.0 Å². The van der Waals surface area contributed by atoms with Crippen molar-refractivity contribution in [2.75, 3.05) is 12.0 Å². The number of rotatable bonds is 6. The molecule has 1 N–H and O–H groups in total. The summed E-state index contributed by atoms with van der Waals surface area (Å²) in [5.41, 5.74) is 1.51. The fraction of sp³-hybridized carbons (Fsp3) is 0.179. The van der Waals surface area contributed by atoms with Crippen LogP contribution in [0.3, 0.4) is 0 Å². The number of aliphatic hydroxyl groups excluding tert-OH is 1. The fourth-order valence-electron chi connectivity index (χ4n) is 4.04. The summed E-state index contributed by atoms with van der Waals surface area (Å²) >= 11 is 0. The molecule has 1 aliphatic heterocycles. The van der Waals surface area contributed by atoms with Crippen LogP contribution in [0.15, 0.2) is 84.4 Å². The molecule has 0 radical (unpaired) electrons. The van der Waals surface area contributed by atoms with Crippen molar-refractivity contribution in [1.29, 1.82) is 0 Å². The Bertz CT molecular complexity index is 1310. The lowest BCUT2D eigenvalue weighted by Crippen LogP contribution is -2.29.